The van der Waals surface area contributed by atoms with Crippen LogP contribution in [0.5, 0.6) is 0 Å². The van der Waals surface area contributed by atoms with Gasteiger partial charge in [-0.05, 0) is 11.1 Å². The van der Waals surface area contributed by atoms with Crippen LogP contribution in [-0.4, -0.2) is 49.2 Å². The van der Waals surface area contributed by atoms with E-state index in [-0.39, 0.29) is 38.1 Å². The average molecular weight is 402 g/mol. The maximum Gasteiger partial charge on any atom is 0.147 e. The highest BCUT2D eigenvalue weighted by Gasteiger charge is 2.43. The molecule has 2 N–H and O–H groups in total. The largest absolute Gasteiger partial charge is 0.396 e. The highest BCUT2D eigenvalue weighted by Crippen LogP contribution is 2.34. The summed E-state index contributed by atoms with van der Waals surface area (Å²) in [5, 5.41) is 19.9. The summed E-state index contributed by atoms with van der Waals surface area (Å²) < 4.78 is 22.7. The summed E-state index contributed by atoms with van der Waals surface area (Å²) in [6, 6.07) is 19.8. The molecule has 6 nitrogen and oxygen atoms in total. The third kappa shape index (κ3) is 6.89. The van der Waals surface area contributed by atoms with Crippen molar-refractivity contribution >= 4 is 0 Å². The highest BCUT2D eigenvalue weighted by molar-refractivity contribution is 5.14. The lowest BCUT2D eigenvalue weighted by atomic mass is 9.95. The molecule has 1 aliphatic carbocycles. The number of hydrogen-bond donors (Lipinski definition) is 2. The second kappa shape index (κ2) is 12.0. The average Bonchev–Trinajstić information content (AvgIpc) is 3.06. The first-order valence-electron chi connectivity index (χ1n) is 9.99. The molecule has 4 atom stereocenters. The molecule has 0 aromatic heterocycles. The Hall–Kier alpha value is -1.80. The summed E-state index contributed by atoms with van der Waals surface area (Å²) in [6.07, 6.45) is -0.385. The van der Waals surface area contributed by atoms with Gasteiger partial charge in [0.1, 0.15) is 13.6 Å². The third-order valence-corrected chi connectivity index (χ3v) is 5.27. The van der Waals surface area contributed by atoms with Crippen LogP contribution in [0, 0.1) is 11.8 Å². The van der Waals surface area contributed by atoms with Gasteiger partial charge in [-0.2, -0.15) is 0 Å². The van der Waals surface area contributed by atoms with Gasteiger partial charge in [0.05, 0.1) is 32.0 Å². The van der Waals surface area contributed by atoms with Gasteiger partial charge in [-0.25, -0.2) is 0 Å². The van der Waals surface area contributed by atoms with Crippen molar-refractivity contribution in [2.24, 2.45) is 11.8 Å². The van der Waals surface area contributed by atoms with Crippen LogP contribution in [0.3, 0.4) is 0 Å². The molecule has 1 fully saturated rings. The second-order valence-electron chi connectivity index (χ2n) is 7.29. The fraction of sp³-hybridized carbons (Fsp3) is 0.478. The Labute approximate surface area is 172 Å². The van der Waals surface area contributed by atoms with E-state index in [0.717, 1.165) is 11.1 Å². The molecule has 0 spiro atoms. The molecule has 1 saturated carbocycles. The van der Waals surface area contributed by atoms with Gasteiger partial charge >= 0.3 is 0 Å². The van der Waals surface area contributed by atoms with Gasteiger partial charge in [0, 0.05) is 24.9 Å². The van der Waals surface area contributed by atoms with Gasteiger partial charge in [0.2, 0.25) is 0 Å². The first-order chi connectivity index (χ1) is 14.3. The minimum Gasteiger partial charge on any atom is -0.396 e. The van der Waals surface area contributed by atoms with E-state index in [2.05, 4.69) is 0 Å². The molecule has 158 valence electrons. The van der Waals surface area contributed by atoms with E-state index in [4.69, 9.17) is 18.9 Å². The summed E-state index contributed by atoms with van der Waals surface area (Å²) in [6.45, 7) is 1.46. The van der Waals surface area contributed by atoms with Crippen LogP contribution in [0.1, 0.15) is 17.5 Å². The normalized spacial score (nSPS) is 24.1. The molecule has 0 unspecified atom stereocenters. The van der Waals surface area contributed by atoms with Gasteiger partial charge in [0.25, 0.3) is 0 Å². The van der Waals surface area contributed by atoms with Crippen molar-refractivity contribution in [3.8, 4) is 0 Å². The zero-order valence-corrected chi connectivity index (χ0v) is 16.6. The first kappa shape index (κ1) is 21.9. The van der Waals surface area contributed by atoms with Gasteiger partial charge in [-0.1, -0.05) is 60.7 Å². The van der Waals surface area contributed by atoms with E-state index in [1.165, 1.54) is 0 Å². The van der Waals surface area contributed by atoms with Crippen molar-refractivity contribution < 1.29 is 29.2 Å². The Balaban J connectivity index is 1.39. The quantitative estimate of drug-likeness (QED) is 0.420. The summed E-state index contributed by atoms with van der Waals surface area (Å²) >= 11 is 0. The van der Waals surface area contributed by atoms with Crippen LogP contribution in [0.4, 0.5) is 0 Å². The molecular weight excluding hydrogens is 372 g/mol. The predicted molar refractivity (Wildman–Crippen MR) is 108 cm³/mol. The maximum atomic E-state index is 10.2. The summed E-state index contributed by atoms with van der Waals surface area (Å²) in [4.78, 5) is 0. The van der Waals surface area contributed by atoms with E-state index in [0.29, 0.717) is 26.2 Å². The third-order valence-electron chi connectivity index (χ3n) is 5.27. The van der Waals surface area contributed by atoms with Gasteiger partial charge in [-0.15, -0.1) is 0 Å². The van der Waals surface area contributed by atoms with Crippen LogP contribution in [0.15, 0.2) is 60.7 Å². The predicted octanol–water partition coefficient (Wildman–Crippen LogP) is 2.73. The van der Waals surface area contributed by atoms with Crippen LogP contribution in [0.2, 0.25) is 0 Å². The summed E-state index contributed by atoms with van der Waals surface area (Å²) in [7, 11) is 0. The Bertz CT molecular complexity index is 680. The number of rotatable bonds is 12. The van der Waals surface area contributed by atoms with Crippen molar-refractivity contribution in [3.63, 3.8) is 0 Å². The molecule has 0 saturated heterocycles. The molecule has 0 aliphatic heterocycles. The molecule has 2 aromatic rings. The topological polar surface area (TPSA) is 77.4 Å². The number of ether oxygens (including phenoxy) is 4. The monoisotopic (exact) mass is 402 g/mol. The van der Waals surface area contributed by atoms with E-state index < -0.39 is 6.10 Å². The zero-order chi connectivity index (χ0) is 20.3. The second-order valence-corrected chi connectivity index (χ2v) is 7.29. The zero-order valence-electron chi connectivity index (χ0n) is 16.6. The SMILES string of the molecule is OC[C@H]1[C@H](COCOCc2ccccc2)[C@@H](OCOCc2ccccc2)C[C@H]1O. The van der Waals surface area contributed by atoms with Crippen molar-refractivity contribution in [2.45, 2.75) is 31.8 Å². The van der Waals surface area contributed by atoms with Gasteiger partial charge in [0.15, 0.2) is 0 Å². The van der Waals surface area contributed by atoms with E-state index in [1.54, 1.807) is 0 Å². The maximum absolute atomic E-state index is 10.2. The molecule has 6 heteroatoms. The molecular formula is C23H30O6. The molecule has 29 heavy (non-hydrogen) atoms. The number of hydrogen-bond acceptors (Lipinski definition) is 6. The number of aliphatic hydroxyl groups excluding tert-OH is 2. The van der Waals surface area contributed by atoms with Crippen molar-refractivity contribution in [3.05, 3.63) is 71.8 Å². The smallest absolute Gasteiger partial charge is 0.147 e. The Morgan fingerprint density at radius 1 is 0.759 bits per heavy atom. The number of benzene rings is 2. The standard InChI is InChI=1S/C23H30O6/c24-12-20-21(15-28-16-26-13-18-7-3-1-4-8-18)23(11-22(20)25)29-17-27-14-19-9-5-2-6-10-19/h1-10,20-25H,11-17H2/t20-,21-,22+,23-/m0/s1. The molecule has 0 radical (unpaired) electrons. The Morgan fingerprint density at radius 3 is 1.93 bits per heavy atom. The van der Waals surface area contributed by atoms with E-state index in [9.17, 15) is 10.2 Å². The lowest BCUT2D eigenvalue weighted by Gasteiger charge is -2.24. The van der Waals surface area contributed by atoms with Crippen LogP contribution >= 0.6 is 0 Å². The van der Waals surface area contributed by atoms with E-state index in [1.807, 2.05) is 60.7 Å². The molecule has 0 heterocycles. The lowest BCUT2D eigenvalue weighted by molar-refractivity contribution is -0.131. The van der Waals surface area contributed by atoms with Crippen LogP contribution in [-0.2, 0) is 32.2 Å². The van der Waals surface area contributed by atoms with Crippen molar-refractivity contribution in [1.29, 1.82) is 0 Å². The Kier molecular flexibility index (Phi) is 9.08. The van der Waals surface area contributed by atoms with E-state index >= 15 is 0 Å². The van der Waals surface area contributed by atoms with Crippen LogP contribution < -0.4 is 0 Å². The minimum absolute atomic E-state index is 0.106. The molecule has 2 aromatic carbocycles. The minimum atomic E-state index is -0.613. The highest BCUT2D eigenvalue weighted by atomic mass is 16.7. The molecule has 3 rings (SSSR count). The molecule has 1 aliphatic rings. The van der Waals surface area contributed by atoms with Crippen LogP contribution in [0.25, 0.3) is 0 Å². The number of aliphatic hydroxyl groups is 2. The fourth-order valence-corrected chi connectivity index (χ4v) is 3.67. The Morgan fingerprint density at radius 2 is 1.34 bits per heavy atom. The first-order valence-corrected chi connectivity index (χ1v) is 9.99. The van der Waals surface area contributed by atoms with Crippen molar-refractivity contribution in [2.75, 3.05) is 26.8 Å². The lowest BCUT2D eigenvalue weighted by Crippen LogP contribution is -2.31. The van der Waals surface area contributed by atoms with Gasteiger partial charge < -0.3 is 29.2 Å². The molecule has 0 bridgehead atoms. The fourth-order valence-electron chi connectivity index (χ4n) is 3.67. The summed E-state index contributed by atoms with van der Waals surface area (Å²) in [5.74, 6) is -0.390. The molecule has 0 amide bonds. The van der Waals surface area contributed by atoms with Gasteiger partial charge in [-0.3, -0.25) is 0 Å². The summed E-state index contributed by atoms with van der Waals surface area (Å²) in [5.41, 5.74) is 2.16. The van der Waals surface area contributed by atoms with Crippen molar-refractivity contribution in [1.82, 2.24) is 0 Å².